The standard InChI is InChI=1S/C20H19Cl2NO3/c21-14-2-1-3-15(22)18(14)19-13(20(26-23-19)10-4-5-10)9-25-17-8-11-6-12(17)7-16(11)24/h1-3,10-12,17H,4-9H2/t11-,12-,17?/m1/s1. The maximum absolute atomic E-state index is 11.8. The van der Waals surface area contributed by atoms with Crippen LogP contribution in [-0.4, -0.2) is 17.0 Å². The molecule has 0 spiro atoms. The third kappa shape index (κ3) is 2.79. The van der Waals surface area contributed by atoms with E-state index in [1.807, 2.05) is 6.07 Å². The van der Waals surface area contributed by atoms with Gasteiger partial charge in [0.1, 0.15) is 17.2 Å². The van der Waals surface area contributed by atoms with Crippen LogP contribution in [0, 0.1) is 11.8 Å². The molecule has 5 rings (SSSR count). The summed E-state index contributed by atoms with van der Waals surface area (Å²) in [4.78, 5) is 11.8. The molecule has 0 radical (unpaired) electrons. The van der Waals surface area contributed by atoms with E-state index in [9.17, 15) is 4.79 Å². The van der Waals surface area contributed by atoms with Crippen LogP contribution >= 0.6 is 23.2 Å². The fourth-order valence-corrected chi connectivity index (χ4v) is 5.01. The van der Waals surface area contributed by atoms with Crippen molar-refractivity contribution in [3.63, 3.8) is 0 Å². The maximum Gasteiger partial charge on any atom is 0.145 e. The van der Waals surface area contributed by atoms with Crippen molar-refractivity contribution in [2.24, 2.45) is 11.8 Å². The van der Waals surface area contributed by atoms with Gasteiger partial charge >= 0.3 is 0 Å². The van der Waals surface area contributed by atoms with E-state index >= 15 is 0 Å². The number of ether oxygens (including phenoxy) is 1. The van der Waals surface area contributed by atoms with E-state index in [1.165, 1.54) is 0 Å². The fourth-order valence-electron chi connectivity index (χ4n) is 4.43. The number of hydrogen-bond donors (Lipinski definition) is 0. The molecule has 0 saturated heterocycles. The van der Waals surface area contributed by atoms with E-state index in [2.05, 4.69) is 5.16 Å². The highest BCUT2D eigenvalue weighted by molar-refractivity contribution is 6.39. The number of aromatic nitrogens is 1. The number of fused-ring (bicyclic) bond motifs is 2. The molecule has 3 saturated carbocycles. The molecule has 0 N–H and O–H groups in total. The Hall–Kier alpha value is -1.36. The molecule has 26 heavy (non-hydrogen) atoms. The lowest BCUT2D eigenvalue weighted by Crippen LogP contribution is -2.24. The summed E-state index contributed by atoms with van der Waals surface area (Å²) in [7, 11) is 0. The molecule has 3 aliphatic rings. The summed E-state index contributed by atoms with van der Waals surface area (Å²) in [6, 6.07) is 5.43. The topological polar surface area (TPSA) is 52.3 Å². The molecule has 0 amide bonds. The molecule has 4 nitrogen and oxygen atoms in total. The smallest absolute Gasteiger partial charge is 0.145 e. The lowest BCUT2D eigenvalue weighted by atomic mass is 9.96. The van der Waals surface area contributed by atoms with Gasteiger partial charge in [0, 0.05) is 29.4 Å². The van der Waals surface area contributed by atoms with E-state index in [-0.39, 0.29) is 12.0 Å². The molecule has 3 fully saturated rings. The van der Waals surface area contributed by atoms with Gasteiger partial charge in [-0.25, -0.2) is 0 Å². The first-order valence-electron chi connectivity index (χ1n) is 9.19. The minimum Gasteiger partial charge on any atom is -0.373 e. The van der Waals surface area contributed by atoms with Crippen LogP contribution in [0.2, 0.25) is 10.0 Å². The minimum absolute atomic E-state index is 0.147. The quantitative estimate of drug-likeness (QED) is 0.683. The van der Waals surface area contributed by atoms with Crippen molar-refractivity contribution in [2.75, 3.05) is 0 Å². The summed E-state index contributed by atoms with van der Waals surface area (Å²) in [5, 5.41) is 5.41. The van der Waals surface area contributed by atoms with Crippen LogP contribution in [0.4, 0.5) is 0 Å². The van der Waals surface area contributed by atoms with Gasteiger partial charge < -0.3 is 9.26 Å². The van der Waals surface area contributed by atoms with E-state index < -0.39 is 0 Å². The number of halogens is 2. The largest absolute Gasteiger partial charge is 0.373 e. The van der Waals surface area contributed by atoms with Crippen molar-refractivity contribution in [3.05, 3.63) is 39.6 Å². The summed E-state index contributed by atoms with van der Waals surface area (Å²) < 4.78 is 11.9. The summed E-state index contributed by atoms with van der Waals surface area (Å²) in [5.74, 6) is 2.28. The summed E-state index contributed by atoms with van der Waals surface area (Å²) in [5.41, 5.74) is 2.34. The van der Waals surface area contributed by atoms with E-state index in [0.29, 0.717) is 51.9 Å². The Balaban J connectivity index is 1.44. The summed E-state index contributed by atoms with van der Waals surface area (Å²) in [6.07, 6.45) is 4.86. The maximum atomic E-state index is 11.8. The van der Waals surface area contributed by atoms with Gasteiger partial charge in [-0.1, -0.05) is 34.4 Å². The molecule has 1 aromatic carbocycles. The Morgan fingerprint density at radius 2 is 1.92 bits per heavy atom. The van der Waals surface area contributed by atoms with Crippen LogP contribution in [0.15, 0.2) is 22.7 Å². The molecule has 2 aromatic rings. The lowest BCUT2D eigenvalue weighted by Gasteiger charge is -2.21. The van der Waals surface area contributed by atoms with E-state index in [0.717, 1.165) is 37.0 Å². The molecule has 136 valence electrons. The molecule has 1 aromatic heterocycles. The van der Waals surface area contributed by atoms with Crippen molar-refractivity contribution in [1.82, 2.24) is 5.16 Å². The van der Waals surface area contributed by atoms with Crippen molar-refractivity contribution >= 4 is 29.0 Å². The second kappa shape index (κ2) is 6.36. The van der Waals surface area contributed by atoms with Gasteiger partial charge in [0.2, 0.25) is 0 Å². The van der Waals surface area contributed by atoms with Crippen molar-refractivity contribution in [3.8, 4) is 11.3 Å². The average molecular weight is 392 g/mol. The van der Waals surface area contributed by atoms with Crippen molar-refractivity contribution in [2.45, 2.75) is 50.7 Å². The number of benzene rings is 1. The van der Waals surface area contributed by atoms with Crippen LogP contribution in [0.25, 0.3) is 11.3 Å². The summed E-state index contributed by atoms with van der Waals surface area (Å²) in [6.45, 7) is 0.425. The Bertz CT molecular complexity index is 854. The number of carbonyl (C=O) groups excluding carboxylic acids is 1. The molecule has 1 heterocycles. The van der Waals surface area contributed by atoms with Crippen molar-refractivity contribution in [1.29, 1.82) is 0 Å². The Kier molecular flexibility index (Phi) is 4.11. The number of hydrogen-bond acceptors (Lipinski definition) is 4. The zero-order chi connectivity index (χ0) is 17.8. The van der Waals surface area contributed by atoms with Crippen LogP contribution in [-0.2, 0) is 16.1 Å². The van der Waals surface area contributed by atoms with Gasteiger partial charge in [0.05, 0.1) is 22.8 Å². The zero-order valence-electron chi connectivity index (χ0n) is 14.2. The number of Topliss-reactive ketones (excluding diaryl/α,β-unsaturated/α-hetero) is 1. The highest BCUT2D eigenvalue weighted by atomic mass is 35.5. The van der Waals surface area contributed by atoms with E-state index in [1.54, 1.807) is 12.1 Å². The first-order chi connectivity index (χ1) is 12.6. The second-order valence-electron chi connectivity index (χ2n) is 7.69. The lowest BCUT2D eigenvalue weighted by molar-refractivity contribution is -0.124. The Morgan fingerprint density at radius 1 is 1.15 bits per heavy atom. The second-order valence-corrected chi connectivity index (χ2v) is 8.51. The zero-order valence-corrected chi connectivity index (χ0v) is 15.7. The third-order valence-corrected chi connectivity index (χ3v) is 6.59. The number of carbonyl (C=O) groups is 1. The molecule has 1 unspecified atom stereocenters. The van der Waals surface area contributed by atoms with Gasteiger partial charge in [0.25, 0.3) is 0 Å². The first-order valence-corrected chi connectivity index (χ1v) is 9.94. The molecule has 3 aliphatic carbocycles. The number of rotatable bonds is 5. The van der Waals surface area contributed by atoms with Crippen molar-refractivity contribution < 1.29 is 14.1 Å². The molecule has 0 aliphatic heterocycles. The molecule has 2 bridgehead atoms. The predicted octanol–water partition coefficient (Wildman–Crippen LogP) is 5.41. The van der Waals surface area contributed by atoms with Crippen LogP contribution in [0.1, 0.15) is 49.3 Å². The van der Waals surface area contributed by atoms with Crippen LogP contribution < -0.4 is 0 Å². The normalized spacial score (nSPS) is 27.5. The molecular formula is C20H19Cl2NO3. The highest BCUT2D eigenvalue weighted by Crippen LogP contribution is 2.47. The van der Waals surface area contributed by atoms with E-state index in [4.69, 9.17) is 32.5 Å². The van der Waals surface area contributed by atoms with Gasteiger partial charge in [0.15, 0.2) is 0 Å². The molecule has 3 atom stereocenters. The minimum atomic E-state index is 0.147. The highest BCUT2D eigenvalue weighted by Gasteiger charge is 2.46. The summed E-state index contributed by atoms with van der Waals surface area (Å²) >= 11 is 12.8. The third-order valence-electron chi connectivity index (χ3n) is 5.96. The van der Waals surface area contributed by atoms with Gasteiger partial charge in [-0.15, -0.1) is 0 Å². The Morgan fingerprint density at radius 3 is 2.54 bits per heavy atom. The monoisotopic (exact) mass is 391 g/mol. The predicted molar refractivity (Wildman–Crippen MR) is 98.3 cm³/mol. The van der Waals surface area contributed by atoms with Gasteiger partial charge in [-0.05, 0) is 43.7 Å². The van der Waals surface area contributed by atoms with Crippen LogP contribution in [0.3, 0.4) is 0 Å². The first kappa shape index (κ1) is 16.8. The Labute approximate surface area is 161 Å². The number of nitrogens with zero attached hydrogens (tertiary/aromatic N) is 1. The fraction of sp³-hybridized carbons (Fsp3) is 0.500. The molecule has 6 heteroatoms. The van der Waals surface area contributed by atoms with Gasteiger partial charge in [-0.2, -0.15) is 0 Å². The average Bonchev–Trinajstić information content (AvgIpc) is 3.10. The van der Waals surface area contributed by atoms with Gasteiger partial charge in [-0.3, -0.25) is 4.79 Å². The number of ketones is 1. The van der Waals surface area contributed by atoms with Crippen LogP contribution in [0.5, 0.6) is 0 Å². The molecular weight excluding hydrogens is 373 g/mol. The SMILES string of the molecule is O=C1C[C@H]2C[C@@H]1CC2OCc1c(-c2c(Cl)cccc2Cl)noc1C1CC1.